The number of pyridine rings is 1. The van der Waals surface area contributed by atoms with Gasteiger partial charge in [-0.15, -0.1) is 0 Å². The molecule has 0 unspecified atom stereocenters. The first kappa shape index (κ1) is 22.0. The number of imidazole rings is 1. The lowest BCUT2D eigenvalue weighted by Gasteiger charge is -2.09. The number of hydrogen-bond donors (Lipinski definition) is 2. The van der Waals surface area contributed by atoms with E-state index in [4.69, 9.17) is 0 Å². The van der Waals surface area contributed by atoms with Crippen LogP contribution in [0.5, 0.6) is 0 Å². The zero-order chi connectivity index (χ0) is 24.0. The van der Waals surface area contributed by atoms with Gasteiger partial charge in [-0.3, -0.25) is 14.2 Å². The van der Waals surface area contributed by atoms with Gasteiger partial charge in [-0.25, -0.2) is 9.97 Å². The van der Waals surface area contributed by atoms with Crippen LogP contribution in [0.1, 0.15) is 15.9 Å². The molecule has 0 saturated carbocycles. The van der Waals surface area contributed by atoms with Crippen LogP contribution >= 0.6 is 0 Å². The largest absolute Gasteiger partial charge is 0.350 e. The van der Waals surface area contributed by atoms with E-state index < -0.39 is 0 Å². The molecule has 0 spiro atoms. The predicted octanol–water partition coefficient (Wildman–Crippen LogP) is 4.13. The molecule has 7 heteroatoms. The first-order valence-corrected chi connectivity index (χ1v) is 11.3. The molecule has 2 N–H and O–H groups in total. The molecule has 5 aromatic rings. The molecule has 2 aromatic heterocycles. The molecule has 0 saturated heterocycles. The van der Waals surface area contributed by atoms with Crippen LogP contribution in [0.15, 0.2) is 104 Å². The van der Waals surface area contributed by atoms with Crippen molar-refractivity contribution in [3.63, 3.8) is 0 Å². The summed E-state index contributed by atoms with van der Waals surface area (Å²) in [6, 6.07) is 28.9. The van der Waals surface area contributed by atoms with Gasteiger partial charge in [-0.1, -0.05) is 60.7 Å². The third-order valence-electron chi connectivity index (χ3n) is 5.66. The van der Waals surface area contributed by atoms with Crippen molar-refractivity contribution in [2.45, 2.75) is 6.54 Å². The average Bonchev–Trinajstić information content (AvgIpc) is 3.36. The van der Waals surface area contributed by atoms with E-state index in [0.717, 1.165) is 33.5 Å². The first-order valence-electron chi connectivity index (χ1n) is 11.3. The summed E-state index contributed by atoms with van der Waals surface area (Å²) in [5, 5.41) is 5.47. The summed E-state index contributed by atoms with van der Waals surface area (Å²) in [6.07, 6.45) is 3.46. The highest BCUT2D eigenvalue weighted by Gasteiger charge is 2.09. The van der Waals surface area contributed by atoms with Crippen LogP contribution in [0.4, 0.5) is 0 Å². The lowest BCUT2D eigenvalue weighted by atomic mass is 10.0. The van der Waals surface area contributed by atoms with Crippen molar-refractivity contribution in [3.8, 4) is 16.9 Å². The van der Waals surface area contributed by atoms with Crippen LogP contribution in [0.3, 0.4) is 0 Å². The fourth-order valence-electron chi connectivity index (χ4n) is 3.78. The zero-order valence-corrected chi connectivity index (χ0v) is 18.9. The highest BCUT2D eigenvalue weighted by atomic mass is 16.2. The Bertz CT molecular complexity index is 1460. The maximum absolute atomic E-state index is 12.4. The Morgan fingerprint density at radius 1 is 0.743 bits per heavy atom. The molecule has 0 radical (unpaired) electrons. The molecule has 0 atom stereocenters. The SMILES string of the molecule is O=C(CNC(=O)c1ccc(-c2ccccc2)cc1)NCc1ccc(-n2cnc3ccccc32)nc1. The normalized spacial score (nSPS) is 10.7. The Morgan fingerprint density at radius 2 is 1.49 bits per heavy atom. The summed E-state index contributed by atoms with van der Waals surface area (Å²) < 4.78 is 1.92. The fraction of sp³-hybridized carbons (Fsp3) is 0.0714. The summed E-state index contributed by atoms with van der Waals surface area (Å²) in [5.41, 5.74) is 5.35. The van der Waals surface area contributed by atoms with Gasteiger partial charge in [0.05, 0.1) is 17.6 Å². The van der Waals surface area contributed by atoms with E-state index in [9.17, 15) is 9.59 Å². The van der Waals surface area contributed by atoms with Gasteiger partial charge in [0.2, 0.25) is 5.91 Å². The van der Waals surface area contributed by atoms with E-state index in [0.29, 0.717) is 12.1 Å². The molecule has 3 aromatic carbocycles. The van der Waals surface area contributed by atoms with Crippen LogP contribution in [0, 0.1) is 0 Å². The van der Waals surface area contributed by atoms with Gasteiger partial charge < -0.3 is 10.6 Å². The van der Waals surface area contributed by atoms with Crippen molar-refractivity contribution in [2.24, 2.45) is 0 Å². The number of benzene rings is 3. The maximum Gasteiger partial charge on any atom is 0.251 e. The monoisotopic (exact) mass is 461 g/mol. The molecule has 0 aliphatic heterocycles. The maximum atomic E-state index is 12.4. The Morgan fingerprint density at radius 3 is 2.26 bits per heavy atom. The summed E-state index contributed by atoms with van der Waals surface area (Å²) in [5.74, 6) is 0.182. The number of carbonyl (C=O) groups excluding carboxylic acids is 2. The van der Waals surface area contributed by atoms with Crippen molar-refractivity contribution in [1.29, 1.82) is 0 Å². The van der Waals surface area contributed by atoms with E-state index in [1.165, 1.54) is 0 Å². The Kier molecular flexibility index (Phi) is 6.30. The molecular formula is C28H23N5O2. The number of amides is 2. The minimum absolute atomic E-state index is 0.105. The number of hydrogen-bond acceptors (Lipinski definition) is 4. The highest BCUT2D eigenvalue weighted by molar-refractivity contribution is 5.96. The predicted molar refractivity (Wildman–Crippen MR) is 135 cm³/mol. The fourth-order valence-corrected chi connectivity index (χ4v) is 3.78. The number of carbonyl (C=O) groups is 2. The molecule has 7 nitrogen and oxygen atoms in total. The number of fused-ring (bicyclic) bond motifs is 1. The van der Waals surface area contributed by atoms with Gasteiger partial charge in [0.25, 0.3) is 5.91 Å². The standard InChI is InChI=1S/C28H23N5O2/c34-27(18-31-28(35)23-13-11-22(12-14-23)21-6-2-1-3-7-21)30-17-20-10-15-26(29-16-20)33-19-32-24-8-4-5-9-25(24)33/h1-16,19H,17-18H2,(H,30,34)(H,31,35). The summed E-state index contributed by atoms with van der Waals surface area (Å²) in [4.78, 5) is 33.5. The number of rotatable bonds is 7. The minimum Gasteiger partial charge on any atom is -0.350 e. The number of nitrogens with one attached hydrogen (secondary N) is 2. The quantitative estimate of drug-likeness (QED) is 0.381. The van der Waals surface area contributed by atoms with Crippen LogP contribution in [0.2, 0.25) is 0 Å². The van der Waals surface area contributed by atoms with Crippen molar-refractivity contribution in [2.75, 3.05) is 6.54 Å². The van der Waals surface area contributed by atoms with Crippen LogP contribution in [-0.2, 0) is 11.3 Å². The molecule has 2 amide bonds. The number of aromatic nitrogens is 3. The Hall–Kier alpha value is -4.78. The second kappa shape index (κ2) is 10.0. The molecule has 0 aliphatic carbocycles. The lowest BCUT2D eigenvalue weighted by molar-refractivity contribution is -0.120. The molecule has 2 heterocycles. The lowest BCUT2D eigenvalue weighted by Crippen LogP contribution is -2.36. The molecule has 5 rings (SSSR count). The topological polar surface area (TPSA) is 88.9 Å². The van der Waals surface area contributed by atoms with Gasteiger partial charge >= 0.3 is 0 Å². The molecule has 35 heavy (non-hydrogen) atoms. The minimum atomic E-state index is -0.293. The average molecular weight is 462 g/mol. The van der Waals surface area contributed by atoms with E-state index in [2.05, 4.69) is 20.6 Å². The molecule has 0 aliphatic rings. The van der Waals surface area contributed by atoms with Crippen molar-refractivity contribution in [1.82, 2.24) is 25.2 Å². The Balaban J connectivity index is 1.12. The van der Waals surface area contributed by atoms with Crippen LogP contribution in [0.25, 0.3) is 28.0 Å². The third kappa shape index (κ3) is 5.09. The van der Waals surface area contributed by atoms with Gasteiger partial charge in [-0.2, -0.15) is 0 Å². The van der Waals surface area contributed by atoms with E-state index in [1.807, 2.05) is 83.4 Å². The summed E-state index contributed by atoms with van der Waals surface area (Å²) in [6.45, 7) is 0.213. The van der Waals surface area contributed by atoms with Crippen molar-refractivity contribution >= 4 is 22.8 Å². The Labute approximate surface area is 202 Å². The van der Waals surface area contributed by atoms with Gasteiger partial charge in [-0.05, 0) is 47.0 Å². The van der Waals surface area contributed by atoms with E-state index >= 15 is 0 Å². The van der Waals surface area contributed by atoms with Crippen LogP contribution < -0.4 is 10.6 Å². The highest BCUT2D eigenvalue weighted by Crippen LogP contribution is 2.19. The van der Waals surface area contributed by atoms with Gasteiger partial charge in [0.15, 0.2) is 0 Å². The first-order chi connectivity index (χ1) is 17.2. The van der Waals surface area contributed by atoms with Gasteiger partial charge in [0.1, 0.15) is 12.1 Å². The van der Waals surface area contributed by atoms with E-state index in [-0.39, 0.29) is 18.4 Å². The van der Waals surface area contributed by atoms with Gasteiger partial charge in [0, 0.05) is 18.3 Å². The molecule has 0 bridgehead atoms. The second-order valence-electron chi connectivity index (χ2n) is 8.03. The zero-order valence-electron chi connectivity index (χ0n) is 18.9. The molecule has 172 valence electrons. The third-order valence-corrected chi connectivity index (χ3v) is 5.66. The van der Waals surface area contributed by atoms with Crippen molar-refractivity contribution in [3.05, 3.63) is 115 Å². The summed E-state index contributed by atoms with van der Waals surface area (Å²) in [7, 11) is 0. The second-order valence-corrected chi connectivity index (χ2v) is 8.03. The van der Waals surface area contributed by atoms with Crippen molar-refractivity contribution < 1.29 is 9.59 Å². The smallest absolute Gasteiger partial charge is 0.251 e. The van der Waals surface area contributed by atoms with E-state index in [1.54, 1.807) is 24.7 Å². The number of nitrogens with zero attached hydrogens (tertiary/aromatic N) is 3. The summed E-state index contributed by atoms with van der Waals surface area (Å²) >= 11 is 0. The van der Waals surface area contributed by atoms with Crippen LogP contribution in [-0.4, -0.2) is 32.9 Å². The molecule has 0 fully saturated rings. The molecular weight excluding hydrogens is 438 g/mol. The number of para-hydroxylation sites is 2.